The van der Waals surface area contributed by atoms with Gasteiger partial charge in [0.15, 0.2) is 0 Å². The molecule has 1 unspecified atom stereocenters. The fraction of sp³-hybridized carbons (Fsp3) is 0.333. The molecule has 6 nitrogen and oxygen atoms in total. The van der Waals surface area contributed by atoms with E-state index in [-0.39, 0.29) is 30.3 Å². The predicted molar refractivity (Wildman–Crippen MR) is 133 cm³/mol. The lowest BCUT2D eigenvalue weighted by Gasteiger charge is -2.40. The van der Waals surface area contributed by atoms with E-state index in [0.717, 1.165) is 49.1 Å². The zero-order valence-corrected chi connectivity index (χ0v) is 20.3. The Morgan fingerprint density at radius 1 is 0.939 bits per heavy atom. The number of β-amino-alcohol motifs (C(OH)–C–C–N with tert-alkyl or cyclic N) is 1. The number of piperazine rings is 1. The summed E-state index contributed by atoms with van der Waals surface area (Å²) in [6.45, 7) is 4.26. The maximum absolute atomic E-state index is 13.1. The number of aliphatic hydroxyl groups is 1. The average Bonchev–Trinajstić information content (AvgIpc) is 3.07. The van der Waals surface area contributed by atoms with Gasteiger partial charge in [-0.3, -0.25) is 24.3 Å². The molecule has 2 aromatic carbocycles. The Morgan fingerprint density at radius 2 is 1.55 bits per heavy atom. The molecule has 4 rings (SSSR count). The zero-order chi connectivity index (χ0) is 23.4. The van der Waals surface area contributed by atoms with Gasteiger partial charge in [0, 0.05) is 49.3 Å². The van der Waals surface area contributed by atoms with Gasteiger partial charge >= 0.3 is 0 Å². The first-order chi connectivity index (χ1) is 15.9. The van der Waals surface area contributed by atoms with Gasteiger partial charge in [-0.05, 0) is 53.2 Å². The van der Waals surface area contributed by atoms with E-state index >= 15 is 0 Å². The number of thioether (sulfide) groups is 1. The standard InChI is InChI=1S/C24H25Cl2N3O3S/c25-19-5-1-17(2-6-19)15-22-23(31)29(24(32)33-22)16-21(18-3-7-20(26)8-4-18)28-11-9-27(10-12-28)13-14-30/h1-8,15,21,30H,9-14,16H2/b22-15-. The van der Waals surface area contributed by atoms with Crippen LogP contribution in [0.25, 0.3) is 6.08 Å². The molecule has 0 spiro atoms. The van der Waals surface area contributed by atoms with Crippen LogP contribution in [0.1, 0.15) is 17.2 Å². The monoisotopic (exact) mass is 505 g/mol. The number of imide groups is 1. The Bertz CT molecular complexity index is 1020. The topological polar surface area (TPSA) is 64.1 Å². The van der Waals surface area contributed by atoms with Crippen LogP contribution in [0.5, 0.6) is 0 Å². The molecule has 0 bridgehead atoms. The molecule has 2 heterocycles. The maximum atomic E-state index is 13.1. The minimum atomic E-state index is -0.280. The first kappa shape index (κ1) is 24.3. The molecule has 33 heavy (non-hydrogen) atoms. The molecular formula is C24H25Cl2N3O3S. The highest BCUT2D eigenvalue weighted by Gasteiger charge is 2.38. The first-order valence-corrected chi connectivity index (χ1v) is 12.4. The van der Waals surface area contributed by atoms with E-state index in [2.05, 4.69) is 9.80 Å². The van der Waals surface area contributed by atoms with Gasteiger partial charge in [-0.25, -0.2) is 0 Å². The van der Waals surface area contributed by atoms with Crippen molar-refractivity contribution in [2.75, 3.05) is 45.9 Å². The third kappa shape index (κ3) is 5.98. The quantitative estimate of drug-likeness (QED) is 0.563. The second-order valence-corrected chi connectivity index (χ2v) is 9.88. The van der Waals surface area contributed by atoms with Crippen molar-refractivity contribution in [2.24, 2.45) is 0 Å². The Balaban J connectivity index is 1.54. The maximum Gasteiger partial charge on any atom is 0.293 e. The van der Waals surface area contributed by atoms with E-state index in [9.17, 15) is 14.7 Å². The van der Waals surface area contributed by atoms with Crippen molar-refractivity contribution in [1.82, 2.24) is 14.7 Å². The largest absolute Gasteiger partial charge is 0.395 e. The molecule has 2 aliphatic rings. The SMILES string of the molecule is O=C1S/C(=C\c2ccc(Cl)cc2)C(=O)N1CC(c1ccc(Cl)cc1)N1CCN(CCO)CC1. The lowest BCUT2D eigenvalue weighted by Crippen LogP contribution is -2.50. The van der Waals surface area contributed by atoms with Gasteiger partial charge in [-0.1, -0.05) is 47.5 Å². The Kier molecular flexibility index (Phi) is 8.11. The van der Waals surface area contributed by atoms with Crippen molar-refractivity contribution in [3.05, 3.63) is 74.6 Å². The van der Waals surface area contributed by atoms with Gasteiger partial charge in [-0.2, -0.15) is 0 Å². The highest BCUT2D eigenvalue weighted by molar-refractivity contribution is 8.18. The number of benzene rings is 2. The lowest BCUT2D eigenvalue weighted by atomic mass is 10.0. The summed E-state index contributed by atoms with van der Waals surface area (Å²) in [4.78, 5) is 32.2. The van der Waals surface area contributed by atoms with Crippen molar-refractivity contribution in [3.8, 4) is 0 Å². The van der Waals surface area contributed by atoms with Crippen molar-refractivity contribution < 1.29 is 14.7 Å². The van der Waals surface area contributed by atoms with E-state index in [0.29, 0.717) is 21.5 Å². The second-order valence-electron chi connectivity index (χ2n) is 8.01. The summed E-state index contributed by atoms with van der Waals surface area (Å²) in [5.41, 5.74) is 1.83. The number of halogens is 2. The zero-order valence-electron chi connectivity index (χ0n) is 18.0. The van der Waals surface area contributed by atoms with Crippen molar-refractivity contribution in [3.63, 3.8) is 0 Å². The smallest absolute Gasteiger partial charge is 0.293 e. The summed E-state index contributed by atoms with van der Waals surface area (Å²) in [7, 11) is 0. The third-order valence-corrected chi connectivity index (χ3v) is 7.33. The molecule has 2 fully saturated rings. The molecule has 9 heteroatoms. The van der Waals surface area contributed by atoms with Gasteiger partial charge in [0.2, 0.25) is 0 Å². The molecule has 1 atom stereocenters. The van der Waals surface area contributed by atoms with Gasteiger partial charge < -0.3 is 5.11 Å². The second kappa shape index (κ2) is 11.0. The molecule has 2 aromatic rings. The van der Waals surface area contributed by atoms with Crippen LogP contribution in [-0.4, -0.2) is 76.8 Å². The summed E-state index contributed by atoms with van der Waals surface area (Å²) >= 11 is 13.0. The minimum absolute atomic E-state index is 0.136. The number of rotatable bonds is 7. The highest BCUT2D eigenvalue weighted by Crippen LogP contribution is 2.35. The fourth-order valence-corrected chi connectivity index (χ4v) is 5.20. The number of carbonyl (C=O) groups is 2. The van der Waals surface area contributed by atoms with E-state index in [4.69, 9.17) is 23.2 Å². The molecular weight excluding hydrogens is 481 g/mol. The normalized spacial score (nSPS) is 20.1. The van der Waals surface area contributed by atoms with Gasteiger partial charge in [0.25, 0.3) is 11.1 Å². The number of aliphatic hydroxyl groups excluding tert-OH is 1. The molecule has 0 radical (unpaired) electrons. The average molecular weight is 506 g/mol. The summed E-state index contributed by atoms with van der Waals surface area (Å²) in [5, 5.41) is 10.2. The lowest BCUT2D eigenvalue weighted by molar-refractivity contribution is -0.123. The summed E-state index contributed by atoms with van der Waals surface area (Å²) < 4.78 is 0. The first-order valence-electron chi connectivity index (χ1n) is 10.8. The van der Waals surface area contributed by atoms with Crippen molar-refractivity contribution >= 4 is 52.2 Å². The van der Waals surface area contributed by atoms with E-state index < -0.39 is 0 Å². The van der Waals surface area contributed by atoms with Gasteiger partial charge in [0.1, 0.15) is 0 Å². The molecule has 2 amide bonds. The van der Waals surface area contributed by atoms with E-state index in [1.807, 2.05) is 36.4 Å². The molecule has 0 aromatic heterocycles. The van der Waals surface area contributed by atoms with Crippen molar-refractivity contribution in [2.45, 2.75) is 6.04 Å². The van der Waals surface area contributed by atoms with Crippen LogP contribution < -0.4 is 0 Å². The minimum Gasteiger partial charge on any atom is -0.395 e. The Labute approximate surface area is 207 Å². The van der Waals surface area contributed by atoms with Crippen LogP contribution >= 0.6 is 35.0 Å². The predicted octanol–water partition coefficient (Wildman–Crippen LogP) is 4.38. The molecule has 2 saturated heterocycles. The Hall–Kier alpha value is -1.87. The number of hydrogen-bond donors (Lipinski definition) is 1. The number of hydrogen-bond acceptors (Lipinski definition) is 6. The number of nitrogens with zero attached hydrogens (tertiary/aromatic N) is 3. The van der Waals surface area contributed by atoms with Crippen LogP contribution in [0.2, 0.25) is 10.0 Å². The summed E-state index contributed by atoms with van der Waals surface area (Å²) in [6, 6.07) is 14.6. The van der Waals surface area contributed by atoms with Gasteiger partial charge in [0.05, 0.1) is 17.6 Å². The molecule has 2 aliphatic heterocycles. The van der Waals surface area contributed by atoms with Crippen LogP contribution in [0.15, 0.2) is 53.4 Å². The van der Waals surface area contributed by atoms with Crippen molar-refractivity contribution in [1.29, 1.82) is 0 Å². The Morgan fingerprint density at radius 3 is 2.15 bits per heavy atom. The molecule has 0 aliphatic carbocycles. The van der Waals surface area contributed by atoms with E-state index in [1.165, 1.54) is 4.90 Å². The third-order valence-electron chi connectivity index (χ3n) is 5.92. The fourth-order valence-electron chi connectivity index (χ4n) is 4.10. The molecule has 1 N–H and O–H groups in total. The van der Waals surface area contributed by atoms with E-state index in [1.54, 1.807) is 18.2 Å². The van der Waals surface area contributed by atoms with Crippen LogP contribution in [0, 0.1) is 0 Å². The summed E-state index contributed by atoms with van der Waals surface area (Å²) in [5.74, 6) is -0.280. The van der Waals surface area contributed by atoms with Crippen LogP contribution in [0.4, 0.5) is 4.79 Å². The molecule has 0 saturated carbocycles. The number of amides is 2. The number of carbonyl (C=O) groups excluding carboxylic acids is 2. The van der Waals surface area contributed by atoms with Crippen LogP contribution in [0.3, 0.4) is 0 Å². The van der Waals surface area contributed by atoms with Crippen LogP contribution in [-0.2, 0) is 4.79 Å². The highest BCUT2D eigenvalue weighted by atomic mass is 35.5. The van der Waals surface area contributed by atoms with Gasteiger partial charge in [-0.15, -0.1) is 0 Å². The molecule has 174 valence electrons. The summed E-state index contributed by atoms with van der Waals surface area (Å²) in [6.07, 6.45) is 1.73.